The smallest absolute Gasteiger partial charge is 0.498 e. The number of nitrogens with zero attached hydrogens (tertiary/aromatic N) is 2. The van der Waals surface area contributed by atoms with E-state index >= 15 is 0 Å². The minimum absolute atomic E-state index is 0. The number of benzene rings is 2. The van der Waals surface area contributed by atoms with Crippen LogP contribution < -0.4 is 14.0 Å². The molecule has 0 amide bonds. The van der Waals surface area contributed by atoms with E-state index in [1.807, 2.05) is 41.5 Å². The maximum absolute atomic E-state index is 13.6. The van der Waals surface area contributed by atoms with Crippen LogP contribution in [0.2, 0.25) is 0 Å². The third kappa shape index (κ3) is 12.6. The van der Waals surface area contributed by atoms with Crippen molar-refractivity contribution in [3.63, 3.8) is 0 Å². The summed E-state index contributed by atoms with van der Waals surface area (Å²) in [5.41, 5.74) is 0.293. The molecule has 0 unspecified atom stereocenters. The van der Waals surface area contributed by atoms with Crippen molar-refractivity contribution >= 4 is 11.6 Å². The molecule has 252 valence electrons. The molecular formula is C36H38F4IrN2O4+. The zero-order chi connectivity index (χ0) is 34.8. The van der Waals surface area contributed by atoms with Crippen LogP contribution >= 0.6 is 0 Å². The van der Waals surface area contributed by atoms with Crippen molar-refractivity contribution in [2.24, 2.45) is 10.8 Å². The van der Waals surface area contributed by atoms with Crippen molar-refractivity contribution in [1.82, 2.24) is 4.98 Å². The van der Waals surface area contributed by atoms with E-state index in [0.717, 1.165) is 24.3 Å². The van der Waals surface area contributed by atoms with Crippen molar-refractivity contribution in [3.05, 3.63) is 103 Å². The fourth-order valence-corrected chi connectivity index (χ4v) is 3.49. The number of Topliss-reactive ketones (excluding diaryl/α,β-unsaturated/α-hetero) is 2. The largest absolute Gasteiger partial charge is 3.00 e. The molecule has 0 saturated carbocycles. The van der Waals surface area contributed by atoms with Gasteiger partial charge in [0.15, 0.2) is 0 Å². The summed E-state index contributed by atoms with van der Waals surface area (Å²) in [7, 11) is 6.73. The second-order valence-corrected chi connectivity index (χ2v) is 12.1. The summed E-state index contributed by atoms with van der Waals surface area (Å²) in [6, 6.07) is 15.3. The molecular weight excluding hydrogens is 793 g/mol. The first kappa shape index (κ1) is 40.9. The van der Waals surface area contributed by atoms with Crippen LogP contribution in [0.5, 0.6) is 11.5 Å². The molecule has 2 aromatic heterocycles. The van der Waals surface area contributed by atoms with Crippen molar-refractivity contribution in [2.45, 2.75) is 48.0 Å². The molecule has 0 atom stereocenters. The summed E-state index contributed by atoms with van der Waals surface area (Å²) in [5, 5.41) is 0. The molecule has 6 nitrogen and oxygen atoms in total. The molecule has 0 radical (unpaired) electrons. The van der Waals surface area contributed by atoms with Crippen LogP contribution in [0.3, 0.4) is 0 Å². The van der Waals surface area contributed by atoms with E-state index in [0.29, 0.717) is 22.9 Å². The van der Waals surface area contributed by atoms with Crippen LogP contribution in [0, 0.1) is 53.3 Å². The Labute approximate surface area is 287 Å². The van der Waals surface area contributed by atoms with Crippen molar-refractivity contribution in [1.29, 1.82) is 0 Å². The second kappa shape index (κ2) is 17.7. The van der Waals surface area contributed by atoms with Gasteiger partial charge in [-0.15, -0.1) is 24.3 Å². The maximum Gasteiger partial charge on any atom is 3.00 e. The normalized spacial score (nSPS) is 10.7. The van der Waals surface area contributed by atoms with Gasteiger partial charge in [-0.05, 0) is 29.5 Å². The Morgan fingerprint density at radius 2 is 1.26 bits per heavy atom. The molecule has 47 heavy (non-hydrogen) atoms. The van der Waals surface area contributed by atoms with Gasteiger partial charge in [-0.2, -0.15) is 0 Å². The zero-order valence-electron chi connectivity index (χ0n) is 27.6. The second-order valence-electron chi connectivity index (χ2n) is 12.1. The Morgan fingerprint density at radius 3 is 1.70 bits per heavy atom. The number of methoxy groups -OCH3 is 2. The summed E-state index contributed by atoms with van der Waals surface area (Å²) in [5.74, 6) is -1.54. The van der Waals surface area contributed by atoms with E-state index < -0.39 is 34.1 Å². The van der Waals surface area contributed by atoms with E-state index in [9.17, 15) is 27.2 Å². The van der Waals surface area contributed by atoms with Gasteiger partial charge in [-0.3, -0.25) is 27.2 Å². The fourth-order valence-electron chi connectivity index (χ4n) is 3.49. The first-order valence-corrected chi connectivity index (χ1v) is 14.1. The number of ether oxygens (including phenoxy) is 2. The van der Waals surface area contributed by atoms with Crippen LogP contribution in [-0.4, -0.2) is 30.8 Å². The molecule has 0 fully saturated rings. The monoisotopic (exact) mass is 831 g/mol. The Morgan fingerprint density at radius 1 is 0.787 bits per heavy atom. The Kier molecular flexibility index (Phi) is 15.4. The van der Waals surface area contributed by atoms with Crippen LogP contribution in [0.25, 0.3) is 22.5 Å². The van der Waals surface area contributed by atoms with Gasteiger partial charge in [0.05, 0.1) is 26.8 Å². The number of halogens is 4. The minimum atomic E-state index is -0.694. The quantitative estimate of drug-likeness (QED) is 0.0860. The summed E-state index contributed by atoms with van der Waals surface area (Å²) in [6.45, 7) is 11.0. The van der Waals surface area contributed by atoms with E-state index in [1.165, 1.54) is 25.0 Å². The number of rotatable bonds is 6. The first-order chi connectivity index (χ1) is 21.4. The molecule has 0 N–H and O–H groups in total. The SMILES string of the molecule is CC(C)(C)C(=O)CC(=O)C(C)(C)C.COc1ccnc(-c2[c-]cc(F)cc2F)c1.[CH2-][n+]1ccc(OC)cc1-c1[c-]cc(F)cc1F.[Ir+3]. The van der Waals surface area contributed by atoms with Gasteiger partial charge in [-0.25, -0.2) is 0 Å². The number of aromatic nitrogens is 2. The molecule has 2 aromatic carbocycles. The average Bonchev–Trinajstić information content (AvgIpc) is 2.97. The number of hydrogen-bond acceptors (Lipinski definition) is 5. The first-order valence-electron chi connectivity index (χ1n) is 14.1. The fraction of sp³-hybridized carbons (Fsp3) is 0.306. The molecule has 0 saturated heterocycles. The summed E-state index contributed by atoms with van der Waals surface area (Å²) in [4.78, 5) is 27.0. The Hall–Kier alpha value is -4.08. The maximum atomic E-state index is 13.6. The van der Waals surface area contributed by atoms with Crippen LogP contribution in [0.1, 0.15) is 48.0 Å². The Balaban J connectivity index is 0.000000353. The average molecular weight is 831 g/mol. The number of carbonyl (C=O) groups is 2. The molecule has 0 aliphatic carbocycles. The Bertz CT molecular complexity index is 1640. The summed E-state index contributed by atoms with van der Waals surface area (Å²) in [6.07, 6.45) is 3.18. The van der Waals surface area contributed by atoms with Gasteiger partial charge in [0, 0.05) is 53.4 Å². The van der Waals surface area contributed by atoms with Gasteiger partial charge >= 0.3 is 20.1 Å². The zero-order valence-corrected chi connectivity index (χ0v) is 30.0. The van der Waals surface area contributed by atoms with Gasteiger partial charge in [0.1, 0.15) is 28.8 Å². The number of carbonyl (C=O) groups excluding carboxylic acids is 2. The number of pyridine rings is 2. The molecule has 11 heteroatoms. The molecule has 4 rings (SSSR count). The predicted molar refractivity (Wildman–Crippen MR) is 167 cm³/mol. The van der Waals surface area contributed by atoms with E-state index in [-0.39, 0.29) is 49.2 Å². The third-order valence-electron chi connectivity index (χ3n) is 6.43. The standard InChI is InChI=1S/C13H10F2NO.C12H8F2NO.C11H20O2.Ir/c1-16-6-5-10(17-2)8-13(16)11-4-3-9(14)7-12(11)15;1-16-9-4-5-15-12(7-9)10-3-2-8(13)6-11(10)14;1-10(2,3)8(12)7-9(13)11(4,5)6;/h3,5-8H,1H2,2H3;2,4-7H,1H3;7H2,1-6H3;/q2*-1;;+3. The van der Waals surface area contributed by atoms with Crippen LogP contribution in [-0.2, 0) is 29.7 Å². The van der Waals surface area contributed by atoms with E-state index in [4.69, 9.17) is 9.47 Å². The van der Waals surface area contributed by atoms with Crippen LogP contribution in [0.15, 0.2) is 60.9 Å². The van der Waals surface area contributed by atoms with Crippen LogP contribution in [0.4, 0.5) is 17.6 Å². The summed E-state index contributed by atoms with van der Waals surface area (Å²) < 4.78 is 64.0. The molecule has 0 aliphatic rings. The minimum Gasteiger partial charge on any atom is -0.498 e. The van der Waals surface area contributed by atoms with Gasteiger partial charge in [0.25, 0.3) is 0 Å². The van der Waals surface area contributed by atoms with Gasteiger partial charge in [-0.1, -0.05) is 59.2 Å². The molecule has 0 spiro atoms. The van der Waals surface area contributed by atoms with Crippen molar-refractivity contribution < 1.29 is 61.3 Å². The molecule has 2 heterocycles. The third-order valence-corrected chi connectivity index (χ3v) is 6.43. The summed E-state index contributed by atoms with van der Waals surface area (Å²) >= 11 is 0. The topological polar surface area (TPSA) is 69.4 Å². The van der Waals surface area contributed by atoms with Gasteiger partial charge in [0.2, 0.25) is 0 Å². The van der Waals surface area contributed by atoms with E-state index in [1.54, 1.807) is 30.5 Å². The van der Waals surface area contributed by atoms with Gasteiger partial charge < -0.3 is 19.0 Å². The van der Waals surface area contributed by atoms with Crippen molar-refractivity contribution in [2.75, 3.05) is 14.2 Å². The number of hydrogen-bond donors (Lipinski definition) is 0. The van der Waals surface area contributed by atoms with Crippen molar-refractivity contribution in [3.8, 4) is 34.0 Å². The molecule has 0 aliphatic heterocycles. The number of ketones is 2. The molecule has 0 bridgehead atoms. The predicted octanol–water partition coefficient (Wildman–Crippen LogP) is 7.81. The molecule has 4 aromatic rings. The van der Waals surface area contributed by atoms with E-state index in [2.05, 4.69) is 24.2 Å².